The third-order valence-electron chi connectivity index (χ3n) is 5.80. The molecular weight excluding hydrogens is 503 g/mol. The van der Waals surface area contributed by atoms with Crippen LogP contribution in [0, 0.1) is 19.7 Å². The topological polar surface area (TPSA) is 140 Å². The molecule has 196 valence electrons. The van der Waals surface area contributed by atoms with E-state index in [0.29, 0.717) is 18.4 Å². The number of anilines is 1. The van der Waals surface area contributed by atoms with Crippen molar-refractivity contribution in [2.75, 3.05) is 5.32 Å². The van der Waals surface area contributed by atoms with Gasteiger partial charge in [0.25, 0.3) is 5.91 Å². The molecule has 1 aromatic heterocycles. The summed E-state index contributed by atoms with van der Waals surface area (Å²) in [5.41, 5.74) is 0.714. The standard InChI is InChI=1S/C25H27FN4O6S/c1-13(2)30-24(15(4)22(28-30)25(32)33)36-20-10-8-18(12-21(20)37(34,35)29-17-6-7-17)27-23(31)16-5-9-19(26)14(3)11-16/h5,8-13,17,29H,6-7H2,1-4H3,(H,27,31)(H,32,33). The molecule has 1 fully saturated rings. The van der Waals surface area contributed by atoms with Gasteiger partial charge in [0.05, 0.1) is 6.04 Å². The molecule has 0 radical (unpaired) electrons. The number of amides is 1. The maximum Gasteiger partial charge on any atom is 0.356 e. The van der Waals surface area contributed by atoms with Crippen LogP contribution in [0.1, 0.15) is 64.7 Å². The highest BCUT2D eigenvalue weighted by atomic mass is 32.2. The molecule has 0 saturated heterocycles. The zero-order valence-corrected chi connectivity index (χ0v) is 21.5. The van der Waals surface area contributed by atoms with Crippen LogP contribution in [0.5, 0.6) is 11.6 Å². The quantitative estimate of drug-likeness (QED) is 0.372. The second kappa shape index (κ2) is 9.94. The summed E-state index contributed by atoms with van der Waals surface area (Å²) in [7, 11) is -4.06. The lowest BCUT2D eigenvalue weighted by Crippen LogP contribution is -2.26. The molecule has 0 spiro atoms. The number of aryl methyl sites for hydroxylation is 1. The first-order valence-corrected chi connectivity index (χ1v) is 13.1. The Balaban J connectivity index is 1.73. The number of nitrogens with one attached hydrogen (secondary N) is 2. The van der Waals surface area contributed by atoms with Crippen molar-refractivity contribution in [1.82, 2.24) is 14.5 Å². The zero-order chi connectivity index (χ0) is 27.1. The van der Waals surface area contributed by atoms with E-state index in [1.807, 2.05) is 0 Å². The largest absolute Gasteiger partial charge is 0.476 e. The van der Waals surface area contributed by atoms with Crippen LogP contribution in [0.25, 0.3) is 0 Å². The Morgan fingerprint density at radius 2 is 1.86 bits per heavy atom. The molecule has 1 aliphatic rings. The van der Waals surface area contributed by atoms with Gasteiger partial charge < -0.3 is 15.2 Å². The molecule has 3 N–H and O–H groups in total. The van der Waals surface area contributed by atoms with E-state index in [9.17, 15) is 27.5 Å². The van der Waals surface area contributed by atoms with Crippen LogP contribution in [0.3, 0.4) is 0 Å². The van der Waals surface area contributed by atoms with Crippen LogP contribution in [0.15, 0.2) is 41.3 Å². The maximum absolute atomic E-state index is 13.6. The molecule has 1 aliphatic carbocycles. The minimum atomic E-state index is -4.06. The number of halogens is 1. The van der Waals surface area contributed by atoms with Gasteiger partial charge in [-0.3, -0.25) is 4.79 Å². The highest BCUT2D eigenvalue weighted by Crippen LogP contribution is 2.36. The van der Waals surface area contributed by atoms with Crippen LogP contribution in [-0.4, -0.2) is 41.2 Å². The average molecular weight is 531 g/mol. The number of hydrogen-bond donors (Lipinski definition) is 3. The first-order chi connectivity index (χ1) is 17.4. The van der Waals surface area contributed by atoms with Gasteiger partial charge in [-0.25, -0.2) is 27.0 Å². The Morgan fingerprint density at radius 1 is 1.16 bits per heavy atom. The van der Waals surface area contributed by atoms with Crippen molar-refractivity contribution in [1.29, 1.82) is 0 Å². The molecule has 0 unspecified atom stereocenters. The molecule has 1 saturated carbocycles. The third kappa shape index (κ3) is 5.65. The molecule has 1 heterocycles. The summed E-state index contributed by atoms with van der Waals surface area (Å²) in [6.07, 6.45) is 1.41. The Morgan fingerprint density at radius 3 is 2.46 bits per heavy atom. The number of carbonyl (C=O) groups is 2. The summed E-state index contributed by atoms with van der Waals surface area (Å²) in [5.74, 6) is -2.20. The van der Waals surface area contributed by atoms with Crippen molar-refractivity contribution in [3.8, 4) is 11.6 Å². The van der Waals surface area contributed by atoms with Crippen molar-refractivity contribution >= 4 is 27.6 Å². The smallest absolute Gasteiger partial charge is 0.356 e. The maximum atomic E-state index is 13.6. The van der Waals surface area contributed by atoms with Gasteiger partial charge in [0.2, 0.25) is 15.9 Å². The van der Waals surface area contributed by atoms with Crippen LogP contribution >= 0.6 is 0 Å². The van der Waals surface area contributed by atoms with Gasteiger partial charge >= 0.3 is 5.97 Å². The second-order valence-corrected chi connectivity index (χ2v) is 10.9. The molecule has 37 heavy (non-hydrogen) atoms. The van der Waals surface area contributed by atoms with Crippen LogP contribution < -0.4 is 14.8 Å². The molecule has 2 aromatic carbocycles. The number of nitrogens with zero attached hydrogens (tertiary/aromatic N) is 2. The molecule has 0 bridgehead atoms. The average Bonchev–Trinajstić information content (AvgIpc) is 3.56. The van der Waals surface area contributed by atoms with Gasteiger partial charge in [-0.1, -0.05) is 0 Å². The number of carbonyl (C=O) groups excluding carboxylic acids is 1. The molecule has 0 atom stereocenters. The van der Waals surface area contributed by atoms with Crippen molar-refractivity contribution in [3.63, 3.8) is 0 Å². The number of hydrogen-bond acceptors (Lipinski definition) is 6. The minimum absolute atomic E-state index is 0.0642. The SMILES string of the molecule is Cc1cc(C(=O)Nc2ccc(Oc3c(C)c(C(=O)O)nn3C(C)C)c(S(=O)(=O)NC3CC3)c2)ccc1F. The highest BCUT2D eigenvalue weighted by Gasteiger charge is 2.31. The monoisotopic (exact) mass is 530 g/mol. The first kappa shape index (κ1) is 26.3. The number of carboxylic acids is 1. The van der Waals surface area contributed by atoms with E-state index in [1.54, 1.807) is 13.8 Å². The van der Waals surface area contributed by atoms with Gasteiger partial charge in [-0.05, 0) is 82.5 Å². The first-order valence-electron chi connectivity index (χ1n) is 11.6. The zero-order valence-electron chi connectivity index (χ0n) is 20.7. The van der Waals surface area contributed by atoms with E-state index >= 15 is 0 Å². The fourth-order valence-corrected chi connectivity index (χ4v) is 5.09. The van der Waals surface area contributed by atoms with Gasteiger partial charge in [0, 0.05) is 22.9 Å². The molecule has 1 amide bonds. The number of ether oxygens (including phenoxy) is 1. The van der Waals surface area contributed by atoms with Gasteiger partial charge in [-0.2, -0.15) is 5.10 Å². The molecule has 10 nitrogen and oxygen atoms in total. The number of benzene rings is 2. The van der Waals surface area contributed by atoms with E-state index in [1.165, 1.54) is 54.9 Å². The summed E-state index contributed by atoms with van der Waals surface area (Å²) < 4.78 is 50.0. The van der Waals surface area contributed by atoms with E-state index in [2.05, 4.69) is 15.1 Å². The summed E-state index contributed by atoms with van der Waals surface area (Å²) >= 11 is 0. The predicted octanol–water partition coefficient (Wildman–Crippen LogP) is 4.40. The lowest BCUT2D eigenvalue weighted by atomic mass is 10.1. The molecule has 12 heteroatoms. The molecule has 0 aliphatic heterocycles. The number of carboxylic acid groups (broad SMARTS) is 1. The van der Waals surface area contributed by atoms with Crippen LogP contribution in [0.4, 0.5) is 10.1 Å². The summed E-state index contributed by atoms with van der Waals surface area (Å²) in [4.78, 5) is 24.1. The Bertz CT molecular complexity index is 1500. The second-order valence-electron chi connectivity index (χ2n) is 9.20. The Kier molecular flexibility index (Phi) is 7.07. The lowest BCUT2D eigenvalue weighted by Gasteiger charge is -2.17. The van der Waals surface area contributed by atoms with Crippen LogP contribution in [0.2, 0.25) is 0 Å². The van der Waals surface area contributed by atoms with Gasteiger partial charge in [0.15, 0.2) is 5.69 Å². The highest BCUT2D eigenvalue weighted by molar-refractivity contribution is 7.89. The van der Waals surface area contributed by atoms with E-state index in [-0.39, 0.29) is 51.1 Å². The third-order valence-corrected chi connectivity index (χ3v) is 7.34. The number of aromatic carboxylic acids is 1. The van der Waals surface area contributed by atoms with E-state index in [0.717, 1.165) is 0 Å². The Hall–Kier alpha value is -3.77. The van der Waals surface area contributed by atoms with Gasteiger partial charge in [0.1, 0.15) is 16.5 Å². The predicted molar refractivity (Wildman–Crippen MR) is 133 cm³/mol. The van der Waals surface area contributed by atoms with Crippen molar-refractivity contribution < 1.29 is 32.2 Å². The molecule has 4 rings (SSSR count). The van der Waals surface area contributed by atoms with E-state index in [4.69, 9.17) is 4.74 Å². The molecule has 3 aromatic rings. The number of aromatic nitrogens is 2. The van der Waals surface area contributed by atoms with Gasteiger partial charge in [-0.15, -0.1) is 0 Å². The summed E-state index contributed by atoms with van der Waals surface area (Å²) in [6, 6.07) is 7.54. The number of rotatable bonds is 9. The van der Waals surface area contributed by atoms with Crippen molar-refractivity contribution in [3.05, 3.63) is 64.6 Å². The van der Waals surface area contributed by atoms with Crippen molar-refractivity contribution in [2.24, 2.45) is 0 Å². The fraction of sp³-hybridized carbons (Fsp3) is 0.320. The molecular formula is C25H27FN4O6S. The minimum Gasteiger partial charge on any atom is -0.476 e. The summed E-state index contributed by atoms with van der Waals surface area (Å²) in [5, 5.41) is 16.2. The normalized spacial score (nSPS) is 13.6. The lowest BCUT2D eigenvalue weighted by molar-refractivity contribution is 0.0688. The Labute approximate surface area is 213 Å². The fourth-order valence-electron chi connectivity index (χ4n) is 3.64. The van der Waals surface area contributed by atoms with Crippen molar-refractivity contribution in [2.45, 2.75) is 57.5 Å². The van der Waals surface area contributed by atoms with Crippen LogP contribution in [-0.2, 0) is 10.0 Å². The number of sulfonamides is 1. The summed E-state index contributed by atoms with van der Waals surface area (Å²) in [6.45, 7) is 6.63. The van der Waals surface area contributed by atoms with E-state index < -0.39 is 27.7 Å².